The summed E-state index contributed by atoms with van der Waals surface area (Å²) in [6.07, 6.45) is -0.127. The number of azo groups is 2. The molecule has 0 aromatic rings. The Balaban J connectivity index is 3.67. The molecular formula is C7H16N4. The predicted octanol–water partition coefficient (Wildman–Crippen LogP) is 2.67. The van der Waals surface area contributed by atoms with Crippen molar-refractivity contribution in [2.75, 3.05) is 6.54 Å². The summed E-state index contributed by atoms with van der Waals surface area (Å²) in [6.45, 7) is 8.47. The van der Waals surface area contributed by atoms with Crippen molar-refractivity contribution < 1.29 is 0 Å². The molecule has 0 radical (unpaired) electrons. The van der Waals surface area contributed by atoms with Gasteiger partial charge in [0, 0.05) is 0 Å². The molecular weight excluding hydrogens is 140 g/mol. The lowest BCUT2D eigenvalue weighted by molar-refractivity contribution is 0.631. The van der Waals surface area contributed by atoms with E-state index in [-0.39, 0.29) is 12.2 Å². The molecule has 0 aliphatic rings. The fourth-order valence-corrected chi connectivity index (χ4v) is 0.453. The average Bonchev–Trinajstić information content (AvgIpc) is 1.97. The van der Waals surface area contributed by atoms with Gasteiger partial charge < -0.3 is 0 Å². The van der Waals surface area contributed by atoms with E-state index in [1.54, 1.807) is 0 Å². The normalized spacial score (nSPS) is 15.4. The van der Waals surface area contributed by atoms with Gasteiger partial charge in [-0.1, -0.05) is 0 Å². The van der Waals surface area contributed by atoms with Gasteiger partial charge in [-0.3, -0.25) is 0 Å². The third-order valence-corrected chi connectivity index (χ3v) is 0.855. The van der Waals surface area contributed by atoms with Crippen molar-refractivity contribution in [2.24, 2.45) is 20.5 Å². The third kappa shape index (κ3) is 7.09. The van der Waals surface area contributed by atoms with Crippen molar-refractivity contribution >= 4 is 0 Å². The summed E-state index contributed by atoms with van der Waals surface area (Å²) < 4.78 is 0. The van der Waals surface area contributed by atoms with Crippen LogP contribution < -0.4 is 0 Å². The number of hydrogen-bond acceptors (Lipinski definition) is 4. The molecule has 0 rings (SSSR count). The van der Waals surface area contributed by atoms with Gasteiger partial charge in [-0.05, 0) is 27.7 Å². The Labute approximate surface area is 67.8 Å². The van der Waals surface area contributed by atoms with E-state index in [2.05, 4.69) is 20.5 Å². The Morgan fingerprint density at radius 2 is 1.64 bits per heavy atom. The van der Waals surface area contributed by atoms with Gasteiger partial charge in [-0.15, -0.1) is 0 Å². The minimum Gasteiger partial charge on any atom is -0.192 e. The molecule has 0 saturated heterocycles. The molecule has 4 nitrogen and oxygen atoms in total. The molecule has 0 saturated carbocycles. The first-order valence-electron chi connectivity index (χ1n) is 3.93. The average molecular weight is 156 g/mol. The van der Waals surface area contributed by atoms with Gasteiger partial charge in [-0.25, -0.2) is 0 Å². The first-order valence-corrected chi connectivity index (χ1v) is 3.93. The van der Waals surface area contributed by atoms with Crippen molar-refractivity contribution in [2.45, 2.75) is 39.9 Å². The summed E-state index contributed by atoms with van der Waals surface area (Å²) in [5, 5.41) is 15.6. The molecule has 0 aliphatic heterocycles. The minimum absolute atomic E-state index is 0.127. The lowest BCUT2D eigenvalue weighted by atomic mass is 10.4. The molecule has 1 unspecified atom stereocenters. The molecule has 0 amide bonds. The Bertz CT molecular complexity index is 139. The highest BCUT2D eigenvalue weighted by Gasteiger charge is 1.93. The van der Waals surface area contributed by atoms with Gasteiger partial charge in [-0.2, -0.15) is 20.5 Å². The van der Waals surface area contributed by atoms with E-state index in [0.29, 0.717) is 6.54 Å². The Morgan fingerprint density at radius 1 is 1.00 bits per heavy atom. The standard InChI is InChI=1S/C7H16N4/c1-5-8-10-7(4)11-9-6(2)3/h6-7H,5H2,1-4H3. The van der Waals surface area contributed by atoms with Crippen LogP contribution in [-0.4, -0.2) is 18.8 Å². The summed E-state index contributed by atoms with van der Waals surface area (Å²) >= 11 is 0. The van der Waals surface area contributed by atoms with Gasteiger partial charge >= 0.3 is 0 Å². The summed E-state index contributed by atoms with van der Waals surface area (Å²) in [5.74, 6) is 0. The SMILES string of the molecule is CCN=NC(C)N=NC(C)C. The molecule has 0 aromatic heterocycles. The maximum Gasteiger partial charge on any atom is 0.178 e. The second-order valence-corrected chi connectivity index (χ2v) is 2.53. The van der Waals surface area contributed by atoms with Crippen LogP contribution in [0, 0.1) is 0 Å². The number of rotatable bonds is 4. The predicted molar refractivity (Wildman–Crippen MR) is 44.9 cm³/mol. The third-order valence-electron chi connectivity index (χ3n) is 0.855. The second-order valence-electron chi connectivity index (χ2n) is 2.53. The van der Waals surface area contributed by atoms with E-state index in [1.807, 2.05) is 27.7 Å². The van der Waals surface area contributed by atoms with Crippen LogP contribution >= 0.6 is 0 Å². The molecule has 64 valence electrons. The highest BCUT2D eigenvalue weighted by Crippen LogP contribution is 1.96. The lowest BCUT2D eigenvalue weighted by Gasteiger charge is -1.96. The van der Waals surface area contributed by atoms with Crippen molar-refractivity contribution in [3.63, 3.8) is 0 Å². The van der Waals surface area contributed by atoms with E-state index in [0.717, 1.165) is 0 Å². The lowest BCUT2D eigenvalue weighted by Crippen LogP contribution is -1.93. The largest absolute Gasteiger partial charge is 0.192 e. The van der Waals surface area contributed by atoms with Crippen LogP contribution in [0.3, 0.4) is 0 Å². The van der Waals surface area contributed by atoms with Crippen LogP contribution in [0.5, 0.6) is 0 Å². The van der Waals surface area contributed by atoms with Crippen LogP contribution in [0.4, 0.5) is 0 Å². The molecule has 0 aromatic carbocycles. The van der Waals surface area contributed by atoms with Crippen LogP contribution in [0.25, 0.3) is 0 Å². The molecule has 0 aliphatic carbocycles. The molecule has 0 spiro atoms. The van der Waals surface area contributed by atoms with E-state index in [1.165, 1.54) is 0 Å². The van der Waals surface area contributed by atoms with Crippen molar-refractivity contribution in [1.29, 1.82) is 0 Å². The van der Waals surface area contributed by atoms with Gasteiger partial charge in [0.1, 0.15) is 0 Å². The molecule has 11 heavy (non-hydrogen) atoms. The molecule has 0 heterocycles. The topological polar surface area (TPSA) is 49.4 Å². The minimum atomic E-state index is -0.127. The molecule has 4 heteroatoms. The number of hydrogen-bond donors (Lipinski definition) is 0. The van der Waals surface area contributed by atoms with Crippen LogP contribution in [0.2, 0.25) is 0 Å². The zero-order valence-electron chi connectivity index (χ0n) is 7.65. The monoisotopic (exact) mass is 156 g/mol. The Morgan fingerprint density at radius 3 is 2.09 bits per heavy atom. The van der Waals surface area contributed by atoms with E-state index < -0.39 is 0 Å². The van der Waals surface area contributed by atoms with E-state index in [9.17, 15) is 0 Å². The van der Waals surface area contributed by atoms with Crippen LogP contribution in [0.1, 0.15) is 27.7 Å². The second kappa shape index (κ2) is 5.95. The van der Waals surface area contributed by atoms with Gasteiger partial charge in [0.15, 0.2) is 6.17 Å². The maximum atomic E-state index is 3.95. The number of nitrogens with zero attached hydrogens (tertiary/aromatic N) is 4. The zero-order chi connectivity index (χ0) is 8.69. The summed E-state index contributed by atoms with van der Waals surface area (Å²) in [7, 11) is 0. The van der Waals surface area contributed by atoms with E-state index in [4.69, 9.17) is 0 Å². The first kappa shape index (κ1) is 10.2. The molecule has 0 fully saturated rings. The summed E-state index contributed by atoms with van der Waals surface area (Å²) in [5.41, 5.74) is 0. The molecule has 1 atom stereocenters. The zero-order valence-corrected chi connectivity index (χ0v) is 7.65. The fourth-order valence-electron chi connectivity index (χ4n) is 0.453. The van der Waals surface area contributed by atoms with E-state index >= 15 is 0 Å². The molecule has 0 bridgehead atoms. The van der Waals surface area contributed by atoms with Crippen LogP contribution in [0.15, 0.2) is 20.5 Å². The molecule has 0 N–H and O–H groups in total. The van der Waals surface area contributed by atoms with Crippen LogP contribution in [-0.2, 0) is 0 Å². The smallest absolute Gasteiger partial charge is 0.178 e. The quantitative estimate of drug-likeness (QED) is 0.562. The fraction of sp³-hybridized carbons (Fsp3) is 1.00. The van der Waals surface area contributed by atoms with Crippen molar-refractivity contribution in [3.05, 3.63) is 0 Å². The summed E-state index contributed by atoms with van der Waals surface area (Å²) in [6, 6.07) is 0.245. The van der Waals surface area contributed by atoms with Gasteiger partial charge in [0.2, 0.25) is 0 Å². The van der Waals surface area contributed by atoms with Crippen molar-refractivity contribution in [3.8, 4) is 0 Å². The first-order chi connectivity index (χ1) is 5.16. The Hall–Kier alpha value is -0.800. The van der Waals surface area contributed by atoms with Gasteiger partial charge in [0.25, 0.3) is 0 Å². The highest BCUT2D eigenvalue weighted by molar-refractivity contribution is 4.51. The Kier molecular flexibility index (Phi) is 5.51. The van der Waals surface area contributed by atoms with Gasteiger partial charge in [0.05, 0.1) is 12.6 Å². The maximum absolute atomic E-state index is 3.95. The highest BCUT2D eigenvalue weighted by atomic mass is 15.3. The van der Waals surface area contributed by atoms with Crippen molar-refractivity contribution in [1.82, 2.24) is 0 Å². The summed E-state index contributed by atoms with van der Waals surface area (Å²) in [4.78, 5) is 0.